The normalized spacial score (nSPS) is 21.4. The first kappa shape index (κ1) is 14.2. The van der Waals surface area contributed by atoms with Crippen LogP contribution in [0.5, 0.6) is 0 Å². The van der Waals surface area contributed by atoms with Crippen LogP contribution in [0.3, 0.4) is 0 Å². The third-order valence-electron chi connectivity index (χ3n) is 3.79. The van der Waals surface area contributed by atoms with Gasteiger partial charge in [0.25, 0.3) is 0 Å². The first-order valence-electron chi connectivity index (χ1n) is 7.12. The zero-order valence-corrected chi connectivity index (χ0v) is 13.3. The van der Waals surface area contributed by atoms with Gasteiger partial charge in [0, 0.05) is 34.6 Å². The van der Waals surface area contributed by atoms with E-state index in [4.69, 9.17) is 0 Å². The quantitative estimate of drug-likeness (QED) is 0.916. The molecule has 0 amide bonds. The number of rotatable bonds is 5. The maximum absolute atomic E-state index is 9.59. The van der Waals surface area contributed by atoms with E-state index in [0.29, 0.717) is 6.04 Å². The largest absolute Gasteiger partial charge is 0.393 e. The summed E-state index contributed by atoms with van der Waals surface area (Å²) in [6.07, 6.45) is 5.14. The van der Waals surface area contributed by atoms with E-state index in [-0.39, 0.29) is 6.10 Å². The van der Waals surface area contributed by atoms with Crippen molar-refractivity contribution in [3.63, 3.8) is 0 Å². The molecule has 0 aromatic carbocycles. The van der Waals surface area contributed by atoms with Crippen molar-refractivity contribution in [3.05, 3.63) is 27.9 Å². The van der Waals surface area contributed by atoms with Crippen LogP contribution >= 0.6 is 22.7 Å². The van der Waals surface area contributed by atoms with Crippen LogP contribution < -0.4 is 0 Å². The average molecular weight is 308 g/mol. The second-order valence-electron chi connectivity index (χ2n) is 5.50. The van der Waals surface area contributed by atoms with Crippen molar-refractivity contribution in [2.24, 2.45) is 0 Å². The number of hydrogen-bond donors (Lipinski definition) is 1. The number of aliphatic hydroxyl groups is 1. The van der Waals surface area contributed by atoms with E-state index in [9.17, 15) is 5.11 Å². The standard InChI is InChI=1S/C15H20N2OS2/c1-11(18)7-13-3-2-5-17(13)9-14-8-16-15(20-14)12-4-6-19-10-12/h4,6,8,10-11,13,18H,2-3,5,7,9H2,1H3. The molecule has 3 heterocycles. The Kier molecular flexibility index (Phi) is 4.51. The van der Waals surface area contributed by atoms with Crippen LogP contribution in [0.2, 0.25) is 0 Å². The maximum Gasteiger partial charge on any atom is 0.124 e. The predicted molar refractivity (Wildman–Crippen MR) is 85.2 cm³/mol. The minimum absolute atomic E-state index is 0.205. The van der Waals surface area contributed by atoms with E-state index in [1.54, 1.807) is 22.7 Å². The number of thiophene rings is 1. The molecule has 1 aliphatic rings. The van der Waals surface area contributed by atoms with Gasteiger partial charge in [0.05, 0.1) is 6.10 Å². The number of thiazole rings is 1. The minimum Gasteiger partial charge on any atom is -0.393 e. The molecule has 0 bridgehead atoms. The van der Waals surface area contributed by atoms with Crippen LogP contribution in [-0.4, -0.2) is 33.7 Å². The lowest BCUT2D eigenvalue weighted by atomic mass is 10.1. The summed E-state index contributed by atoms with van der Waals surface area (Å²) in [5.41, 5.74) is 1.23. The van der Waals surface area contributed by atoms with E-state index in [1.807, 2.05) is 13.1 Å². The van der Waals surface area contributed by atoms with Crippen LogP contribution in [0.4, 0.5) is 0 Å². The molecule has 2 unspecified atom stereocenters. The Morgan fingerprint density at radius 1 is 1.55 bits per heavy atom. The van der Waals surface area contributed by atoms with Crippen LogP contribution in [0, 0.1) is 0 Å². The average Bonchev–Trinajstić information content (AvgIpc) is 3.11. The highest BCUT2D eigenvalue weighted by molar-refractivity contribution is 7.15. The van der Waals surface area contributed by atoms with Gasteiger partial charge in [-0.25, -0.2) is 4.98 Å². The summed E-state index contributed by atoms with van der Waals surface area (Å²) < 4.78 is 0. The summed E-state index contributed by atoms with van der Waals surface area (Å²) in [5.74, 6) is 0. The molecule has 1 saturated heterocycles. The third kappa shape index (κ3) is 3.28. The molecule has 0 saturated carbocycles. The predicted octanol–water partition coefficient (Wildman–Crippen LogP) is 3.61. The zero-order chi connectivity index (χ0) is 13.9. The Morgan fingerprint density at radius 3 is 3.20 bits per heavy atom. The fourth-order valence-corrected chi connectivity index (χ4v) is 4.51. The van der Waals surface area contributed by atoms with E-state index < -0.39 is 0 Å². The summed E-state index contributed by atoms with van der Waals surface area (Å²) in [4.78, 5) is 8.36. The number of likely N-dealkylation sites (tertiary alicyclic amines) is 1. The van der Waals surface area contributed by atoms with Crippen molar-refractivity contribution in [1.82, 2.24) is 9.88 Å². The summed E-state index contributed by atoms with van der Waals surface area (Å²) in [6.45, 7) is 4.00. The van der Waals surface area contributed by atoms with Gasteiger partial charge in [0.15, 0.2) is 0 Å². The van der Waals surface area contributed by atoms with Gasteiger partial charge in [-0.3, -0.25) is 4.90 Å². The summed E-state index contributed by atoms with van der Waals surface area (Å²) >= 11 is 3.50. The molecular formula is C15H20N2OS2. The van der Waals surface area contributed by atoms with Crippen molar-refractivity contribution >= 4 is 22.7 Å². The molecule has 0 spiro atoms. The first-order chi connectivity index (χ1) is 9.72. The second kappa shape index (κ2) is 6.35. The van der Waals surface area contributed by atoms with Gasteiger partial charge in [-0.05, 0) is 44.2 Å². The lowest BCUT2D eigenvalue weighted by Gasteiger charge is -2.24. The fourth-order valence-electron chi connectivity index (χ4n) is 2.86. The summed E-state index contributed by atoms with van der Waals surface area (Å²) in [7, 11) is 0. The zero-order valence-electron chi connectivity index (χ0n) is 11.7. The van der Waals surface area contributed by atoms with Crippen LogP contribution in [0.25, 0.3) is 10.6 Å². The van der Waals surface area contributed by atoms with E-state index in [0.717, 1.165) is 24.5 Å². The Morgan fingerprint density at radius 2 is 2.45 bits per heavy atom. The van der Waals surface area contributed by atoms with Crippen molar-refractivity contribution in [1.29, 1.82) is 0 Å². The first-order valence-corrected chi connectivity index (χ1v) is 8.87. The van der Waals surface area contributed by atoms with Gasteiger partial charge < -0.3 is 5.11 Å². The molecule has 1 N–H and O–H groups in total. The van der Waals surface area contributed by atoms with Gasteiger partial charge in [0.2, 0.25) is 0 Å². The van der Waals surface area contributed by atoms with Crippen LogP contribution in [-0.2, 0) is 6.54 Å². The number of aromatic nitrogens is 1. The Hall–Kier alpha value is -0.750. The Labute approximate surface area is 127 Å². The SMILES string of the molecule is CC(O)CC1CCCN1Cc1cnc(-c2ccsc2)s1. The highest BCUT2D eigenvalue weighted by Gasteiger charge is 2.26. The van der Waals surface area contributed by atoms with Crippen molar-refractivity contribution in [2.45, 2.75) is 44.9 Å². The maximum atomic E-state index is 9.59. The van der Waals surface area contributed by atoms with Gasteiger partial charge in [0.1, 0.15) is 5.01 Å². The minimum atomic E-state index is -0.205. The Bertz CT molecular complexity index is 536. The topological polar surface area (TPSA) is 36.4 Å². The van der Waals surface area contributed by atoms with Gasteiger partial charge in [-0.15, -0.1) is 11.3 Å². The summed E-state index contributed by atoms with van der Waals surface area (Å²) in [5, 5.41) is 14.9. The fraction of sp³-hybridized carbons (Fsp3) is 0.533. The molecule has 3 nitrogen and oxygen atoms in total. The molecule has 0 radical (unpaired) electrons. The highest BCUT2D eigenvalue weighted by Crippen LogP contribution is 2.30. The Balaban J connectivity index is 1.65. The number of hydrogen-bond acceptors (Lipinski definition) is 5. The molecule has 0 aliphatic carbocycles. The molecule has 5 heteroatoms. The van der Waals surface area contributed by atoms with Crippen molar-refractivity contribution in [2.75, 3.05) is 6.54 Å². The van der Waals surface area contributed by atoms with E-state index >= 15 is 0 Å². The molecule has 20 heavy (non-hydrogen) atoms. The van der Waals surface area contributed by atoms with Gasteiger partial charge in [-0.1, -0.05) is 0 Å². The number of aliphatic hydroxyl groups excluding tert-OH is 1. The lowest BCUT2D eigenvalue weighted by molar-refractivity contribution is 0.131. The summed E-state index contributed by atoms with van der Waals surface area (Å²) in [6, 6.07) is 2.65. The smallest absolute Gasteiger partial charge is 0.124 e. The third-order valence-corrected chi connectivity index (χ3v) is 5.51. The second-order valence-corrected chi connectivity index (χ2v) is 7.39. The van der Waals surface area contributed by atoms with E-state index in [1.165, 1.54) is 23.3 Å². The van der Waals surface area contributed by atoms with Crippen LogP contribution in [0.1, 0.15) is 31.1 Å². The van der Waals surface area contributed by atoms with E-state index in [2.05, 4.69) is 26.7 Å². The van der Waals surface area contributed by atoms with Gasteiger partial charge >= 0.3 is 0 Å². The lowest BCUT2D eigenvalue weighted by Crippen LogP contribution is -2.31. The van der Waals surface area contributed by atoms with Gasteiger partial charge in [-0.2, -0.15) is 11.3 Å². The molecule has 2 aromatic rings. The monoisotopic (exact) mass is 308 g/mol. The molecule has 108 valence electrons. The highest BCUT2D eigenvalue weighted by atomic mass is 32.1. The molecule has 3 rings (SSSR count). The van der Waals surface area contributed by atoms with Crippen LogP contribution in [0.15, 0.2) is 23.0 Å². The number of nitrogens with zero attached hydrogens (tertiary/aromatic N) is 2. The van der Waals surface area contributed by atoms with Crippen molar-refractivity contribution in [3.8, 4) is 10.6 Å². The molecular weight excluding hydrogens is 288 g/mol. The molecule has 2 atom stereocenters. The molecule has 2 aromatic heterocycles. The van der Waals surface area contributed by atoms with Crippen molar-refractivity contribution < 1.29 is 5.11 Å². The molecule has 1 fully saturated rings. The molecule has 1 aliphatic heterocycles.